The second-order valence-corrected chi connectivity index (χ2v) is 13.2. The molecule has 2 aliphatic carbocycles. The predicted molar refractivity (Wildman–Crippen MR) is 157 cm³/mol. The molecule has 0 aromatic heterocycles. The standard InChI is InChI=1S/C36H42/c1-11-22(2)18-30-24(4)27-15-12-23(3)19-31(27)36(30)32-20-25(34(5,6)7)13-16-28(32)29-17-14-26(21-33(29)36)35(8,9)10/h12-21H,11H2,1-10H3. The normalized spacial score (nSPS) is 16.4. The summed E-state index contributed by atoms with van der Waals surface area (Å²) in [7, 11) is 0. The Morgan fingerprint density at radius 2 is 1.17 bits per heavy atom. The molecule has 0 radical (unpaired) electrons. The maximum atomic E-state index is 2.53. The number of rotatable bonds is 2. The van der Waals surface area contributed by atoms with E-state index in [9.17, 15) is 0 Å². The van der Waals surface area contributed by atoms with E-state index < -0.39 is 0 Å². The molecule has 0 heterocycles. The van der Waals surface area contributed by atoms with Crippen LogP contribution in [0.3, 0.4) is 0 Å². The minimum Gasteiger partial charge on any atom is -0.0733 e. The van der Waals surface area contributed by atoms with Gasteiger partial charge in [-0.15, -0.1) is 0 Å². The zero-order chi connectivity index (χ0) is 26.2. The van der Waals surface area contributed by atoms with E-state index in [4.69, 9.17) is 0 Å². The molecule has 0 heteroatoms. The molecule has 5 rings (SSSR count). The highest BCUT2D eigenvalue weighted by atomic mass is 14.5. The number of allylic oxidation sites excluding steroid dienone is 4. The number of aryl methyl sites for hydroxylation is 1. The van der Waals surface area contributed by atoms with Gasteiger partial charge in [0.1, 0.15) is 0 Å². The molecule has 0 unspecified atom stereocenters. The van der Waals surface area contributed by atoms with Gasteiger partial charge in [0.25, 0.3) is 0 Å². The largest absolute Gasteiger partial charge is 0.0733 e. The van der Waals surface area contributed by atoms with Crippen LogP contribution in [0.1, 0.15) is 108 Å². The molecule has 0 amide bonds. The zero-order valence-electron chi connectivity index (χ0n) is 24.0. The van der Waals surface area contributed by atoms with Crippen molar-refractivity contribution in [3.63, 3.8) is 0 Å². The molecule has 36 heavy (non-hydrogen) atoms. The molecule has 0 saturated heterocycles. The molecular formula is C36H42. The lowest BCUT2D eigenvalue weighted by molar-refractivity contribution is 0.586. The van der Waals surface area contributed by atoms with E-state index in [1.807, 2.05) is 0 Å². The molecule has 0 N–H and O–H groups in total. The highest BCUT2D eigenvalue weighted by Gasteiger charge is 2.52. The molecule has 0 atom stereocenters. The molecule has 1 spiro atoms. The monoisotopic (exact) mass is 474 g/mol. The minimum absolute atomic E-state index is 0.0870. The Morgan fingerprint density at radius 3 is 1.64 bits per heavy atom. The molecule has 0 fully saturated rings. The summed E-state index contributed by atoms with van der Waals surface area (Å²) in [4.78, 5) is 0. The van der Waals surface area contributed by atoms with Crippen molar-refractivity contribution in [2.24, 2.45) is 0 Å². The van der Waals surface area contributed by atoms with Crippen LogP contribution in [0.4, 0.5) is 0 Å². The summed E-state index contributed by atoms with van der Waals surface area (Å²) in [5.41, 5.74) is 16.9. The fraction of sp³-hybridized carbons (Fsp3) is 0.389. The van der Waals surface area contributed by atoms with Crippen molar-refractivity contribution in [2.45, 2.75) is 91.9 Å². The zero-order valence-corrected chi connectivity index (χ0v) is 24.0. The minimum atomic E-state index is -0.283. The molecule has 0 aliphatic heterocycles. The average Bonchev–Trinajstić information content (AvgIpc) is 3.23. The van der Waals surface area contributed by atoms with E-state index in [1.54, 1.807) is 0 Å². The van der Waals surface area contributed by atoms with Gasteiger partial charge in [-0.25, -0.2) is 0 Å². The van der Waals surface area contributed by atoms with E-state index in [0.717, 1.165) is 6.42 Å². The van der Waals surface area contributed by atoms with Crippen molar-refractivity contribution in [2.75, 3.05) is 0 Å². The van der Waals surface area contributed by atoms with Gasteiger partial charge in [0.05, 0.1) is 5.41 Å². The predicted octanol–water partition coefficient (Wildman–Crippen LogP) is 10.0. The van der Waals surface area contributed by atoms with E-state index in [2.05, 4.69) is 130 Å². The van der Waals surface area contributed by atoms with Gasteiger partial charge in [-0.05, 0) is 93.7 Å². The molecule has 0 nitrogen and oxygen atoms in total. The van der Waals surface area contributed by atoms with Crippen molar-refractivity contribution in [1.29, 1.82) is 0 Å². The molecule has 3 aromatic carbocycles. The molecule has 0 saturated carbocycles. The molecule has 2 aliphatic rings. The van der Waals surface area contributed by atoms with Gasteiger partial charge >= 0.3 is 0 Å². The first kappa shape index (κ1) is 24.8. The third kappa shape index (κ3) is 3.48. The Labute approximate surface area is 219 Å². The summed E-state index contributed by atoms with van der Waals surface area (Å²) in [6.45, 7) is 23.1. The fourth-order valence-electron chi connectivity index (χ4n) is 6.27. The molecule has 3 aromatic rings. The summed E-state index contributed by atoms with van der Waals surface area (Å²) in [5, 5.41) is 0. The van der Waals surface area contributed by atoms with Crippen LogP contribution in [0.25, 0.3) is 16.7 Å². The molecule has 186 valence electrons. The summed E-state index contributed by atoms with van der Waals surface area (Å²) < 4.78 is 0. The highest BCUT2D eigenvalue weighted by molar-refractivity contribution is 5.95. The van der Waals surface area contributed by atoms with E-state index in [-0.39, 0.29) is 16.2 Å². The van der Waals surface area contributed by atoms with Crippen molar-refractivity contribution in [3.8, 4) is 11.1 Å². The highest BCUT2D eigenvalue weighted by Crippen LogP contribution is 2.63. The van der Waals surface area contributed by atoms with Gasteiger partial charge in [-0.3, -0.25) is 0 Å². The number of hydrogen-bond donors (Lipinski definition) is 0. The van der Waals surface area contributed by atoms with Crippen LogP contribution in [0.15, 0.2) is 71.8 Å². The van der Waals surface area contributed by atoms with Gasteiger partial charge in [-0.1, -0.05) is 120 Å². The average molecular weight is 475 g/mol. The Morgan fingerprint density at radius 1 is 0.694 bits per heavy atom. The van der Waals surface area contributed by atoms with Crippen molar-refractivity contribution < 1.29 is 0 Å². The first-order chi connectivity index (χ1) is 16.8. The van der Waals surface area contributed by atoms with Gasteiger partial charge in [0.15, 0.2) is 0 Å². The Balaban J connectivity index is 1.99. The number of benzene rings is 3. The van der Waals surface area contributed by atoms with Crippen molar-refractivity contribution >= 4 is 5.57 Å². The smallest absolute Gasteiger partial charge is 0.0722 e. The Bertz CT molecular complexity index is 1380. The third-order valence-corrected chi connectivity index (χ3v) is 8.61. The number of hydrogen-bond acceptors (Lipinski definition) is 0. The Hall–Kier alpha value is -2.86. The lowest BCUT2D eigenvalue weighted by Crippen LogP contribution is -2.28. The van der Waals surface area contributed by atoms with Gasteiger partial charge in [0.2, 0.25) is 0 Å². The summed E-state index contributed by atoms with van der Waals surface area (Å²) in [6.07, 6.45) is 3.57. The first-order valence-corrected chi connectivity index (χ1v) is 13.6. The van der Waals surface area contributed by atoms with E-state index in [1.165, 1.54) is 66.8 Å². The second kappa shape index (κ2) is 8.07. The fourth-order valence-corrected chi connectivity index (χ4v) is 6.27. The maximum absolute atomic E-state index is 2.53. The summed E-state index contributed by atoms with van der Waals surface area (Å²) >= 11 is 0. The lowest BCUT2D eigenvalue weighted by Gasteiger charge is -2.34. The second-order valence-electron chi connectivity index (χ2n) is 13.2. The van der Waals surface area contributed by atoms with Crippen LogP contribution in [0.2, 0.25) is 0 Å². The number of fused-ring (bicyclic) bond motifs is 7. The maximum Gasteiger partial charge on any atom is 0.0722 e. The van der Waals surface area contributed by atoms with Crippen LogP contribution >= 0.6 is 0 Å². The molecule has 0 bridgehead atoms. The topological polar surface area (TPSA) is 0 Å². The van der Waals surface area contributed by atoms with Gasteiger partial charge in [0, 0.05) is 0 Å². The van der Waals surface area contributed by atoms with Gasteiger partial charge < -0.3 is 0 Å². The third-order valence-electron chi connectivity index (χ3n) is 8.61. The van der Waals surface area contributed by atoms with Crippen LogP contribution in [0.5, 0.6) is 0 Å². The van der Waals surface area contributed by atoms with Crippen LogP contribution < -0.4 is 0 Å². The van der Waals surface area contributed by atoms with Crippen LogP contribution in [-0.2, 0) is 16.2 Å². The Kier molecular flexibility index (Phi) is 5.56. The first-order valence-electron chi connectivity index (χ1n) is 13.6. The van der Waals surface area contributed by atoms with Crippen molar-refractivity contribution in [3.05, 3.63) is 111 Å². The van der Waals surface area contributed by atoms with Gasteiger partial charge in [-0.2, -0.15) is 0 Å². The van der Waals surface area contributed by atoms with Crippen LogP contribution in [-0.4, -0.2) is 0 Å². The lowest BCUT2D eigenvalue weighted by atomic mass is 9.67. The molecular weight excluding hydrogens is 432 g/mol. The van der Waals surface area contributed by atoms with E-state index >= 15 is 0 Å². The quantitative estimate of drug-likeness (QED) is 0.346. The SMILES string of the molecule is CCC(C)=CC1=C(C)c2ccc(C)cc2C12c1cc(C(C)(C)C)ccc1-c1ccc(C(C)(C)C)cc12. The van der Waals surface area contributed by atoms with Crippen molar-refractivity contribution in [1.82, 2.24) is 0 Å². The summed E-state index contributed by atoms with van der Waals surface area (Å²) in [5.74, 6) is 0. The van der Waals surface area contributed by atoms with Crippen LogP contribution in [0, 0.1) is 6.92 Å². The summed E-state index contributed by atoms with van der Waals surface area (Å²) in [6, 6.07) is 21.7. The van der Waals surface area contributed by atoms with E-state index in [0.29, 0.717) is 0 Å².